The predicted octanol–water partition coefficient (Wildman–Crippen LogP) is 8.09. The van der Waals surface area contributed by atoms with Crippen molar-refractivity contribution >= 4 is 42.8 Å². The molecule has 58 heavy (non-hydrogen) atoms. The van der Waals surface area contributed by atoms with E-state index in [1.54, 1.807) is 12.1 Å². The molecule has 0 heterocycles. The van der Waals surface area contributed by atoms with E-state index in [4.69, 9.17) is 0 Å². The molecule has 0 saturated heterocycles. The van der Waals surface area contributed by atoms with Crippen LogP contribution in [0.4, 0.5) is 26.3 Å². The zero-order valence-electron chi connectivity index (χ0n) is 28.6. The van der Waals surface area contributed by atoms with Gasteiger partial charge in [0.2, 0.25) is 19.7 Å². The Morgan fingerprint density at radius 1 is 0.448 bits per heavy atom. The number of alkyl halides is 6. The standard InChI is InChI=1S/C40H18F6N2O8S2/c41-39(42,43)55-37(49)33(19-47)35-29-15-23(57(51,52)21-7-3-1-4-8-21)11-13-25(29)27-17-28-26-14-12-24(58(53,54)22-9-5-2-6-10-22)16-30(26)36(32(28)18-31(27)35)34(20-48)38(50)56-40(44,45)46/h1-18H/b35-33-,36-34+. The molecule has 2 aliphatic carbocycles. The van der Waals surface area contributed by atoms with Gasteiger partial charge in [0.15, 0.2) is 0 Å². The fourth-order valence-electron chi connectivity index (χ4n) is 6.74. The molecular weight excluding hydrogens is 815 g/mol. The number of sulfone groups is 2. The second kappa shape index (κ2) is 13.9. The summed E-state index contributed by atoms with van der Waals surface area (Å²) in [4.78, 5) is 24.8. The van der Waals surface area contributed by atoms with Crippen LogP contribution in [0.25, 0.3) is 33.4 Å². The van der Waals surface area contributed by atoms with Gasteiger partial charge in [-0.3, -0.25) is 0 Å². The summed E-state index contributed by atoms with van der Waals surface area (Å²) in [7, 11) is -8.65. The van der Waals surface area contributed by atoms with Crippen molar-refractivity contribution in [2.24, 2.45) is 0 Å². The number of fused-ring (bicyclic) bond motifs is 6. The third kappa shape index (κ3) is 6.78. The van der Waals surface area contributed by atoms with E-state index in [0.717, 1.165) is 18.2 Å². The summed E-state index contributed by atoms with van der Waals surface area (Å²) >= 11 is 0. The largest absolute Gasteiger partial charge is 0.575 e. The van der Waals surface area contributed by atoms with Gasteiger partial charge in [-0.05, 0) is 105 Å². The molecule has 0 amide bonds. The van der Waals surface area contributed by atoms with Crippen molar-refractivity contribution < 1.29 is 62.2 Å². The maximum absolute atomic E-state index is 13.7. The molecule has 7 rings (SSSR count). The molecule has 5 aromatic rings. The number of hydrogen-bond donors (Lipinski definition) is 0. The number of halogens is 6. The summed E-state index contributed by atoms with van der Waals surface area (Å²) in [5, 5.41) is 20.3. The smallest absolute Gasteiger partial charge is 0.369 e. The first-order valence-electron chi connectivity index (χ1n) is 16.2. The molecule has 0 aliphatic heterocycles. The lowest BCUT2D eigenvalue weighted by Crippen LogP contribution is -2.21. The van der Waals surface area contributed by atoms with Gasteiger partial charge in [0.1, 0.15) is 23.3 Å². The third-order valence-electron chi connectivity index (χ3n) is 9.07. The van der Waals surface area contributed by atoms with E-state index in [0.29, 0.717) is 0 Å². The lowest BCUT2D eigenvalue weighted by molar-refractivity contribution is -0.304. The van der Waals surface area contributed by atoms with Crippen LogP contribution in [0.5, 0.6) is 0 Å². The van der Waals surface area contributed by atoms with Crippen molar-refractivity contribution in [1.29, 1.82) is 10.5 Å². The van der Waals surface area contributed by atoms with Crippen LogP contribution in [0, 0.1) is 22.7 Å². The molecule has 2 aliphatic rings. The SMILES string of the molecule is N#C/C(C(=O)OC(F)(F)F)=C1/c2cc(S(=O)(=O)c3ccccc3)ccc2-c2cc3c(cc21)/C(=C(/C#N)C(=O)OC(F)(F)F)c1cc(S(=O)(=O)c2ccccc2)ccc1-3. The van der Waals surface area contributed by atoms with Crippen LogP contribution < -0.4 is 0 Å². The molecule has 10 nitrogen and oxygen atoms in total. The highest BCUT2D eigenvalue weighted by molar-refractivity contribution is 7.91. The van der Waals surface area contributed by atoms with Crippen LogP contribution >= 0.6 is 0 Å². The van der Waals surface area contributed by atoms with Gasteiger partial charge in [-0.25, -0.2) is 26.4 Å². The number of hydrogen-bond acceptors (Lipinski definition) is 10. The van der Waals surface area contributed by atoms with Crippen LogP contribution in [0.1, 0.15) is 22.3 Å². The van der Waals surface area contributed by atoms with E-state index in [2.05, 4.69) is 9.47 Å². The molecule has 0 radical (unpaired) electrons. The topological polar surface area (TPSA) is 168 Å². The van der Waals surface area contributed by atoms with Gasteiger partial charge < -0.3 is 9.47 Å². The third-order valence-corrected chi connectivity index (χ3v) is 12.6. The van der Waals surface area contributed by atoms with E-state index in [1.807, 2.05) is 0 Å². The number of benzene rings is 5. The highest BCUT2D eigenvalue weighted by Gasteiger charge is 2.42. The highest BCUT2D eigenvalue weighted by Crippen LogP contribution is 2.54. The summed E-state index contributed by atoms with van der Waals surface area (Å²) in [5.74, 6) is -4.39. The number of esters is 2. The van der Waals surface area contributed by atoms with Crippen molar-refractivity contribution in [2.45, 2.75) is 32.3 Å². The Morgan fingerprint density at radius 2 is 0.776 bits per heavy atom. The fraction of sp³-hybridized carbons (Fsp3) is 0.0500. The van der Waals surface area contributed by atoms with Crippen LogP contribution in [0.3, 0.4) is 0 Å². The van der Waals surface area contributed by atoms with E-state index in [1.165, 1.54) is 91.0 Å². The monoisotopic (exact) mass is 832 g/mol. The number of carbonyl (C=O) groups is 2. The first-order valence-corrected chi connectivity index (χ1v) is 19.2. The zero-order chi connectivity index (χ0) is 41.9. The Labute approximate surface area is 323 Å². The Bertz CT molecular complexity index is 2800. The van der Waals surface area contributed by atoms with Gasteiger partial charge in [0, 0.05) is 11.1 Å². The van der Waals surface area contributed by atoms with Crippen LogP contribution in [-0.4, -0.2) is 41.5 Å². The maximum Gasteiger partial charge on any atom is 0.575 e. The lowest BCUT2D eigenvalue weighted by atomic mass is 9.92. The molecule has 290 valence electrons. The number of nitriles is 2. The minimum absolute atomic E-state index is 0.0597. The average Bonchev–Trinajstić information content (AvgIpc) is 3.65. The van der Waals surface area contributed by atoms with Gasteiger partial charge in [0.05, 0.1) is 19.6 Å². The van der Waals surface area contributed by atoms with Gasteiger partial charge in [-0.15, -0.1) is 26.3 Å². The van der Waals surface area contributed by atoms with Crippen LogP contribution in [0.15, 0.2) is 140 Å². The molecule has 5 aromatic carbocycles. The zero-order valence-corrected chi connectivity index (χ0v) is 30.3. The molecule has 0 fully saturated rings. The van der Waals surface area contributed by atoms with E-state index in [-0.39, 0.29) is 54.3 Å². The second-order valence-corrected chi connectivity index (χ2v) is 16.3. The Balaban J connectivity index is 1.54. The van der Waals surface area contributed by atoms with Crippen LogP contribution in [0.2, 0.25) is 0 Å². The molecule has 0 N–H and O–H groups in total. The van der Waals surface area contributed by atoms with Crippen molar-refractivity contribution in [3.05, 3.63) is 143 Å². The summed E-state index contributed by atoms with van der Waals surface area (Å²) in [6.45, 7) is 0. The molecule has 0 aromatic heterocycles. The second-order valence-electron chi connectivity index (χ2n) is 12.4. The number of carbonyl (C=O) groups excluding carboxylic acids is 2. The summed E-state index contributed by atoms with van der Waals surface area (Å²) < 4.78 is 142. The summed E-state index contributed by atoms with van der Waals surface area (Å²) in [6.07, 6.45) is -11.2. The first-order chi connectivity index (χ1) is 27.3. The Kier molecular flexibility index (Phi) is 9.38. The highest BCUT2D eigenvalue weighted by atomic mass is 32.2. The molecule has 0 atom stereocenters. The van der Waals surface area contributed by atoms with E-state index < -0.39 is 76.4 Å². The molecule has 18 heteroatoms. The predicted molar refractivity (Wildman–Crippen MR) is 189 cm³/mol. The minimum atomic E-state index is -5.59. The fourth-order valence-corrected chi connectivity index (χ4v) is 9.36. The van der Waals surface area contributed by atoms with Crippen molar-refractivity contribution in [3.63, 3.8) is 0 Å². The van der Waals surface area contributed by atoms with Crippen LogP contribution in [-0.2, 0) is 38.7 Å². The lowest BCUT2D eigenvalue weighted by Gasteiger charge is -2.13. The Morgan fingerprint density at radius 3 is 1.10 bits per heavy atom. The normalized spacial score (nSPS) is 14.8. The average molecular weight is 833 g/mol. The molecule has 0 unspecified atom stereocenters. The maximum atomic E-state index is 13.7. The van der Waals surface area contributed by atoms with Crippen molar-refractivity contribution in [1.82, 2.24) is 0 Å². The van der Waals surface area contributed by atoms with E-state index in [9.17, 15) is 63.3 Å². The number of ether oxygens (including phenoxy) is 2. The Hall–Kier alpha value is -7.02. The van der Waals surface area contributed by atoms with Crippen molar-refractivity contribution in [2.75, 3.05) is 0 Å². The molecule has 0 bridgehead atoms. The van der Waals surface area contributed by atoms with Crippen molar-refractivity contribution in [3.8, 4) is 34.4 Å². The van der Waals surface area contributed by atoms with E-state index >= 15 is 0 Å². The number of nitrogens with zero attached hydrogens (tertiary/aromatic N) is 2. The minimum Gasteiger partial charge on any atom is -0.369 e. The van der Waals surface area contributed by atoms with Gasteiger partial charge in [-0.1, -0.05) is 48.5 Å². The first kappa shape index (κ1) is 39.2. The molecular formula is C40H18F6N2O8S2. The summed E-state index contributed by atoms with van der Waals surface area (Å²) in [5.41, 5.74) is -4.43. The molecule has 0 spiro atoms. The van der Waals surface area contributed by atoms with Gasteiger partial charge in [0.25, 0.3) is 0 Å². The molecule has 0 saturated carbocycles. The van der Waals surface area contributed by atoms with Gasteiger partial charge in [-0.2, -0.15) is 10.5 Å². The number of rotatable bonds is 6. The summed E-state index contributed by atoms with van der Waals surface area (Å²) in [6, 6.07) is 26.0. The quantitative estimate of drug-likeness (QED) is 0.0691. The van der Waals surface area contributed by atoms with Gasteiger partial charge >= 0.3 is 24.7 Å².